The molecule has 0 radical (unpaired) electrons. The van der Waals surface area contributed by atoms with E-state index in [1.54, 1.807) is 18.3 Å². The van der Waals surface area contributed by atoms with E-state index >= 15 is 0 Å². The molecule has 0 aliphatic rings. The zero-order valence-electron chi connectivity index (χ0n) is 10.8. The van der Waals surface area contributed by atoms with Gasteiger partial charge in [-0.1, -0.05) is 19.1 Å². The van der Waals surface area contributed by atoms with Crippen molar-refractivity contribution in [3.05, 3.63) is 35.6 Å². The highest BCUT2D eigenvalue weighted by Gasteiger charge is 2.14. The van der Waals surface area contributed by atoms with Gasteiger partial charge in [0.1, 0.15) is 5.82 Å². The Morgan fingerprint density at radius 3 is 2.56 bits per heavy atom. The Kier molecular flexibility index (Phi) is 5.22. The van der Waals surface area contributed by atoms with Crippen LogP contribution >= 0.6 is 12.2 Å². The van der Waals surface area contributed by atoms with E-state index in [-0.39, 0.29) is 11.4 Å². The molecule has 0 aliphatic carbocycles. The van der Waals surface area contributed by atoms with Gasteiger partial charge in [0.05, 0.1) is 6.21 Å². The second-order valence-corrected chi connectivity index (χ2v) is 5.02. The first-order chi connectivity index (χ1) is 8.43. The predicted octanol–water partition coefficient (Wildman–Crippen LogP) is 2.81. The fraction of sp³-hybridized carbons (Fsp3) is 0.385. The van der Waals surface area contributed by atoms with E-state index in [4.69, 9.17) is 12.2 Å². The SMILES string of the molecule is CCC(C)(C)NC(=S)N/N=C/c1ccc(F)cc1. The van der Waals surface area contributed by atoms with Gasteiger partial charge in [-0.3, -0.25) is 5.43 Å². The fourth-order valence-electron chi connectivity index (χ4n) is 1.14. The molecule has 98 valence electrons. The van der Waals surface area contributed by atoms with E-state index in [2.05, 4.69) is 36.6 Å². The number of halogens is 1. The van der Waals surface area contributed by atoms with Crippen LogP contribution in [0.2, 0.25) is 0 Å². The number of benzene rings is 1. The van der Waals surface area contributed by atoms with Gasteiger partial charge in [0.15, 0.2) is 5.11 Å². The fourth-order valence-corrected chi connectivity index (χ4v) is 1.47. The number of hydrazone groups is 1. The summed E-state index contributed by atoms with van der Waals surface area (Å²) in [7, 11) is 0. The topological polar surface area (TPSA) is 36.4 Å². The van der Waals surface area contributed by atoms with Crippen molar-refractivity contribution in [2.24, 2.45) is 5.10 Å². The van der Waals surface area contributed by atoms with Crippen LogP contribution in [0.15, 0.2) is 29.4 Å². The third kappa shape index (κ3) is 5.23. The minimum atomic E-state index is -0.262. The highest BCUT2D eigenvalue weighted by Crippen LogP contribution is 2.06. The Morgan fingerprint density at radius 1 is 1.39 bits per heavy atom. The first-order valence-corrected chi connectivity index (χ1v) is 6.20. The smallest absolute Gasteiger partial charge is 0.187 e. The van der Waals surface area contributed by atoms with Crippen LogP contribution in [-0.4, -0.2) is 16.9 Å². The van der Waals surface area contributed by atoms with Gasteiger partial charge < -0.3 is 5.32 Å². The number of nitrogens with zero attached hydrogens (tertiary/aromatic N) is 1. The lowest BCUT2D eigenvalue weighted by molar-refractivity contribution is 0.443. The third-order valence-corrected chi connectivity index (χ3v) is 2.78. The Bertz CT molecular complexity index is 426. The van der Waals surface area contributed by atoms with Crippen molar-refractivity contribution in [3.8, 4) is 0 Å². The molecule has 3 nitrogen and oxygen atoms in total. The summed E-state index contributed by atoms with van der Waals surface area (Å²) in [5.74, 6) is -0.262. The average molecular weight is 267 g/mol. The summed E-state index contributed by atoms with van der Waals surface area (Å²) in [6.07, 6.45) is 2.54. The minimum Gasteiger partial charge on any atom is -0.356 e. The molecule has 0 fully saturated rings. The molecule has 0 unspecified atom stereocenters. The van der Waals surface area contributed by atoms with Crippen LogP contribution < -0.4 is 10.7 Å². The van der Waals surface area contributed by atoms with Crippen LogP contribution in [0, 0.1) is 5.82 Å². The molecule has 0 aromatic heterocycles. The van der Waals surface area contributed by atoms with E-state index in [0.717, 1.165) is 12.0 Å². The molecule has 0 heterocycles. The van der Waals surface area contributed by atoms with Crippen LogP contribution in [0.5, 0.6) is 0 Å². The van der Waals surface area contributed by atoms with Gasteiger partial charge in [-0.25, -0.2) is 4.39 Å². The molecule has 0 bridgehead atoms. The monoisotopic (exact) mass is 267 g/mol. The second kappa shape index (κ2) is 6.44. The van der Waals surface area contributed by atoms with E-state index in [0.29, 0.717) is 5.11 Å². The maximum atomic E-state index is 12.7. The molecule has 2 N–H and O–H groups in total. The molecule has 0 saturated carbocycles. The van der Waals surface area contributed by atoms with Crippen LogP contribution in [-0.2, 0) is 0 Å². The van der Waals surface area contributed by atoms with Gasteiger partial charge in [0, 0.05) is 5.54 Å². The Morgan fingerprint density at radius 2 is 2.00 bits per heavy atom. The van der Waals surface area contributed by atoms with Crippen molar-refractivity contribution in [2.45, 2.75) is 32.7 Å². The molecule has 0 aliphatic heterocycles. The maximum Gasteiger partial charge on any atom is 0.187 e. The van der Waals surface area contributed by atoms with Crippen molar-refractivity contribution >= 4 is 23.5 Å². The van der Waals surface area contributed by atoms with Crippen LogP contribution in [0.3, 0.4) is 0 Å². The molecule has 0 amide bonds. The Labute approximate surface area is 112 Å². The minimum absolute atomic E-state index is 0.0600. The summed E-state index contributed by atoms with van der Waals surface area (Å²) in [6, 6.07) is 6.07. The number of hydrogen-bond donors (Lipinski definition) is 2. The lowest BCUT2D eigenvalue weighted by Gasteiger charge is -2.25. The Hall–Kier alpha value is -1.49. The second-order valence-electron chi connectivity index (χ2n) is 4.61. The zero-order valence-corrected chi connectivity index (χ0v) is 11.6. The molecule has 1 aromatic rings. The van der Waals surface area contributed by atoms with Gasteiger partial charge in [-0.2, -0.15) is 5.10 Å². The normalized spacial score (nSPS) is 11.6. The molecule has 18 heavy (non-hydrogen) atoms. The van der Waals surface area contributed by atoms with Gasteiger partial charge in [0.2, 0.25) is 0 Å². The van der Waals surface area contributed by atoms with Crippen LogP contribution in [0.4, 0.5) is 4.39 Å². The summed E-state index contributed by atoms with van der Waals surface area (Å²) in [5, 5.41) is 7.61. The number of hydrogen-bond acceptors (Lipinski definition) is 2. The molecular weight excluding hydrogens is 249 g/mol. The number of rotatable bonds is 4. The molecule has 1 rings (SSSR count). The molecular formula is C13H18FN3S. The summed E-state index contributed by atoms with van der Waals surface area (Å²) in [5.41, 5.74) is 3.48. The molecule has 1 aromatic carbocycles. The van der Waals surface area contributed by atoms with Gasteiger partial charge in [-0.05, 0) is 50.2 Å². The van der Waals surface area contributed by atoms with E-state index in [1.165, 1.54) is 12.1 Å². The first-order valence-electron chi connectivity index (χ1n) is 5.80. The summed E-state index contributed by atoms with van der Waals surface area (Å²) in [6.45, 7) is 6.20. The number of nitrogens with one attached hydrogen (secondary N) is 2. The van der Waals surface area contributed by atoms with Crippen molar-refractivity contribution in [2.75, 3.05) is 0 Å². The number of thiocarbonyl (C=S) groups is 1. The standard InChI is InChI=1S/C13H18FN3S/c1-4-13(2,3)16-12(18)17-15-9-10-5-7-11(14)8-6-10/h5-9H,4H2,1-3H3,(H2,16,17,18)/b15-9+. The highest BCUT2D eigenvalue weighted by atomic mass is 32.1. The van der Waals surface area contributed by atoms with E-state index < -0.39 is 0 Å². The van der Waals surface area contributed by atoms with Gasteiger partial charge in [-0.15, -0.1) is 0 Å². The summed E-state index contributed by atoms with van der Waals surface area (Å²) in [4.78, 5) is 0. The van der Waals surface area contributed by atoms with Gasteiger partial charge in [0.25, 0.3) is 0 Å². The lowest BCUT2D eigenvalue weighted by atomic mass is 10.0. The Balaban J connectivity index is 2.45. The molecule has 0 saturated heterocycles. The summed E-state index contributed by atoms with van der Waals surface area (Å²) >= 11 is 5.11. The highest BCUT2D eigenvalue weighted by molar-refractivity contribution is 7.80. The lowest BCUT2D eigenvalue weighted by Crippen LogP contribution is -2.46. The zero-order chi connectivity index (χ0) is 13.6. The largest absolute Gasteiger partial charge is 0.356 e. The van der Waals surface area contributed by atoms with Gasteiger partial charge >= 0.3 is 0 Å². The van der Waals surface area contributed by atoms with Crippen LogP contribution in [0.25, 0.3) is 0 Å². The van der Waals surface area contributed by atoms with E-state index in [9.17, 15) is 4.39 Å². The quantitative estimate of drug-likeness (QED) is 0.500. The van der Waals surface area contributed by atoms with Crippen molar-refractivity contribution < 1.29 is 4.39 Å². The first kappa shape index (κ1) is 14.6. The van der Waals surface area contributed by atoms with Crippen molar-refractivity contribution in [3.63, 3.8) is 0 Å². The molecule has 0 spiro atoms. The summed E-state index contributed by atoms with van der Waals surface area (Å²) < 4.78 is 12.7. The van der Waals surface area contributed by atoms with Crippen LogP contribution in [0.1, 0.15) is 32.8 Å². The van der Waals surface area contributed by atoms with Crippen molar-refractivity contribution in [1.29, 1.82) is 0 Å². The third-order valence-electron chi connectivity index (χ3n) is 2.59. The average Bonchev–Trinajstić information content (AvgIpc) is 2.31. The van der Waals surface area contributed by atoms with E-state index in [1.807, 2.05) is 0 Å². The van der Waals surface area contributed by atoms with Crippen molar-refractivity contribution in [1.82, 2.24) is 10.7 Å². The molecule has 0 atom stereocenters. The molecule has 5 heteroatoms. The maximum absolute atomic E-state index is 12.7. The predicted molar refractivity (Wildman–Crippen MR) is 77.2 cm³/mol.